The maximum atomic E-state index is 13.3. The van der Waals surface area contributed by atoms with Crippen LogP contribution in [0.25, 0.3) is 0 Å². The Morgan fingerprint density at radius 3 is 1.61 bits per heavy atom. The van der Waals surface area contributed by atoms with Gasteiger partial charge in [-0.3, -0.25) is 14.9 Å². The Labute approximate surface area is 264 Å². The summed E-state index contributed by atoms with van der Waals surface area (Å²) >= 11 is 0. The van der Waals surface area contributed by atoms with Gasteiger partial charge < -0.3 is 23.4 Å². The second-order valence-electron chi connectivity index (χ2n) is 12.5. The van der Waals surface area contributed by atoms with Gasteiger partial charge in [-0.1, -0.05) is 81.4 Å². The summed E-state index contributed by atoms with van der Waals surface area (Å²) in [6.45, 7) is 17.4. The molecule has 244 valence electrons. The fourth-order valence-electron chi connectivity index (χ4n) is 5.39. The van der Waals surface area contributed by atoms with E-state index in [0.29, 0.717) is 0 Å². The van der Waals surface area contributed by atoms with Gasteiger partial charge in [-0.25, -0.2) is 4.79 Å². The normalized spacial score (nSPS) is 13.6. The van der Waals surface area contributed by atoms with Crippen molar-refractivity contribution in [3.05, 3.63) is 60.7 Å². The number of nitrogens with one attached hydrogen (secondary N) is 1. The molecule has 0 aliphatic carbocycles. The number of esters is 2. The SMILES string of the molecule is CCOC(=O)C(C(=O)OCC)C(CCO[Si](c1ccccc1)(c1ccccc1)C(C)(C)C)C(NC(=O)OC(C)(C)C)OCC. The maximum Gasteiger partial charge on any atom is 0.409 e. The van der Waals surface area contributed by atoms with Crippen molar-refractivity contribution in [2.45, 2.75) is 85.6 Å². The molecule has 0 fully saturated rings. The van der Waals surface area contributed by atoms with E-state index < -0.39 is 50.0 Å². The molecule has 2 atom stereocenters. The summed E-state index contributed by atoms with van der Waals surface area (Å²) in [6, 6.07) is 20.3. The molecule has 0 aliphatic rings. The molecule has 0 radical (unpaired) electrons. The van der Waals surface area contributed by atoms with Crippen LogP contribution < -0.4 is 15.7 Å². The van der Waals surface area contributed by atoms with E-state index in [4.69, 9.17) is 23.4 Å². The molecule has 0 heterocycles. The third-order valence-electron chi connectivity index (χ3n) is 7.09. The highest BCUT2D eigenvalue weighted by atomic mass is 28.4. The minimum atomic E-state index is -2.94. The Kier molecular flexibility index (Phi) is 14.1. The number of carbonyl (C=O) groups is 3. The van der Waals surface area contributed by atoms with Crippen molar-refractivity contribution in [3.63, 3.8) is 0 Å². The molecule has 2 aromatic rings. The Bertz CT molecular complexity index is 1120. The molecule has 44 heavy (non-hydrogen) atoms. The first-order valence-electron chi connectivity index (χ1n) is 15.4. The van der Waals surface area contributed by atoms with Crippen LogP contribution in [0, 0.1) is 11.8 Å². The summed E-state index contributed by atoms with van der Waals surface area (Å²) in [5, 5.41) is 4.64. The van der Waals surface area contributed by atoms with Crippen LogP contribution in [0.15, 0.2) is 60.7 Å². The highest BCUT2D eigenvalue weighted by Gasteiger charge is 2.51. The Balaban J connectivity index is 2.61. The Morgan fingerprint density at radius 1 is 0.750 bits per heavy atom. The van der Waals surface area contributed by atoms with Gasteiger partial charge in [0.15, 0.2) is 5.92 Å². The van der Waals surface area contributed by atoms with Gasteiger partial charge in [0.25, 0.3) is 8.32 Å². The predicted octanol–water partition coefficient (Wildman–Crippen LogP) is 5.20. The van der Waals surface area contributed by atoms with Crippen molar-refractivity contribution in [1.29, 1.82) is 0 Å². The van der Waals surface area contributed by atoms with Gasteiger partial charge in [-0.15, -0.1) is 0 Å². The fraction of sp³-hybridized carbons (Fsp3) is 0.559. The standard InChI is InChI=1S/C34H51NO8Si/c1-10-39-29(35-32(38)43-33(4,5)6)27(28(30(36)40-11-2)31(37)41-12-3)23-24-42-44(34(7,8)9,25-19-15-13-16-20-25)26-21-17-14-18-22-26/h13-22,27-29H,10-12,23-24H2,1-9H3,(H,35,38). The number of alkyl carbamates (subject to hydrolysis) is 1. The van der Waals surface area contributed by atoms with Crippen molar-refractivity contribution in [1.82, 2.24) is 5.32 Å². The van der Waals surface area contributed by atoms with Crippen LogP contribution in [-0.2, 0) is 33.0 Å². The molecule has 9 nitrogen and oxygen atoms in total. The number of rotatable bonds is 15. The summed E-state index contributed by atoms with van der Waals surface area (Å²) in [4.78, 5) is 39.6. The number of carbonyl (C=O) groups excluding carboxylic acids is 3. The fourth-order valence-corrected chi connectivity index (χ4v) is 9.97. The quantitative estimate of drug-likeness (QED) is 0.0942. The molecular weight excluding hydrogens is 578 g/mol. The Morgan fingerprint density at radius 2 is 1.23 bits per heavy atom. The Hall–Kier alpha value is -3.21. The van der Waals surface area contributed by atoms with E-state index in [0.717, 1.165) is 10.4 Å². The summed E-state index contributed by atoms with van der Waals surface area (Å²) in [5.41, 5.74) is -0.773. The van der Waals surface area contributed by atoms with Gasteiger partial charge in [0, 0.05) is 19.1 Å². The number of hydrogen-bond acceptors (Lipinski definition) is 8. The highest BCUT2D eigenvalue weighted by Crippen LogP contribution is 2.37. The first kappa shape index (κ1) is 37.0. The topological polar surface area (TPSA) is 109 Å². The predicted molar refractivity (Wildman–Crippen MR) is 173 cm³/mol. The van der Waals surface area contributed by atoms with Gasteiger partial charge in [0.1, 0.15) is 11.8 Å². The average Bonchev–Trinajstić information content (AvgIpc) is 2.94. The molecule has 0 aliphatic heterocycles. The van der Waals surface area contributed by atoms with Crippen LogP contribution in [0.3, 0.4) is 0 Å². The largest absolute Gasteiger partial charge is 0.465 e. The summed E-state index contributed by atoms with van der Waals surface area (Å²) in [5.74, 6) is -3.77. The zero-order chi connectivity index (χ0) is 33.0. The van der Waals surface area contributed by atoms with E-state index in [1.54, 1.807) is 41.5 Å². The van der Waals surface area contributed by atoms with E-state index in [2.05, 4.69) is 50.4 Å². The molecule has 2 rings (SSSR count). The van der Waals surface area contributed by atoms with Crippen LogP contribution in [0.5, 0.6) is 0 Å². The van der Waals surface area contributed by atoms with E-state index in [1.807, 2.05) is 36.4 Å². The smallest absolute Gasteiger partial charge is 0.409 e. The first-order chi connectivity index (χ1) is 20.7. The van der Waals surface area contributed by atoms with Gasteiger partial charge in [0.05, 0.1) is 13.2 Å². The van der Waals surface area contributed by atoms with Gasteiger partial charge in [-0.05, 0) is 63.4 Å². The summed E-state index contributed by atoms with van der Waals surface area (Å²) in [7, 11) is -2.94. The van der Waals surface area contributed by atoms with Crippen LogP contribution >= 0.6 is 0 Å². The third-order valence-corrected chi connectivity index (χ3v) is 12.1. The lowest BCUT2D eigenvalue weighted by Crippen LogP contribution is -2.66. The van der Waals surface area contributed by atoms with Crippen molar-refractivity contribution < 1.29 is 37.8 Å². The summed E-state index contributed by atoms with van der Waals surface area (Å²) < 4.78 is 29.2. The summed E-state index contributed by atoms with van der Waals surface area (Å²) in [6.07, 6.45) is -1.63. The highest BCUT2D eigenvalue weighted by molar-refractivity contribution is 6.99. The van der Waals surface area contributed by atoms with Crippen LogP contribution in [0.1, 0.15) is 68.7 Å². The minimum absolute atomic E-state index is 0.0683. The monoisotopic (exact) mass is 629 g/mol. The molecule has 2 aromatic carbocycles. The van der Waals surface area contributed by atoms with Crippen molar-refractivity contribution >= 4 is 36.7 Å². The van der Waals surface area contributed by atoms with Crippen LogP contribution in [-0.4, -0.2) is 64.6 Å². The van der Waals surface area contributed by atoms with E-state index >= 15 is 0 Å². The molecule has 0 bridgehead atoms. The molecule has 0 spiro atoms. The molecular formula is C34H51NO8Si. The lowest BCUT2D eigenvalue weighted by molar-refractivity contribution is -0.169. The number of amides is 1. The van der Waals surface area contributed by atoms with Gasteiger partial charge >= 0.3 is 18.0 Å². The van der Waals surface area contributed by atoms with Crippen molar-refractivity contribution in [3.8, 4) is 0 Å². The second-order valence-corrected chi connectivity index (χ2v) is 16.8. The minimum Gasteiger partial charge on any atom is -0.465 e. The third kappa shape index (κ3) is 9.90. The van der Waals surface area contributed by atoms with E-state index in [-0.39, 0.29) is 37.9 Å². The number of benzene rings is 2. The van der Waals surface area contributed by atoms with Crippen molar-refractivity contribution in [2.75, 3.05) is 26.4 Å². The average molecular weight is 630 g/mol. The van der Waals surface area contributed by atoms with E-state index in [9.17, 15) is 14.4 Å². The first-order valence-corrected chi connectivity index (χ1v) is 17.3. The van der Waals surface area contributed by atoms with Gasteiger partial charge in [-0.2, -0.15) is 0 Å². The number of ether oxygens (including phenoxy) is 4. The molecule has 10 heteroatoms. The van der Waals surface area contributed by atoms with Crippen LogP contribution in [0.4, 0.5) is 4.79 Å². The molecule has 1 N–H and O–H groups in total. The zero-order valence-electron chi connectivity index (χ0n) is 27.8. The molecule has 2 unspecified atom stereocenters. The van der Waals surface area contributed by atoms with Crippen LogP contribution in [0.2, 0.25) is 5.04 Å². The maximum absolute atomic E-state index is 13.3. The molecule has 1 amide bonds. The number of hydrogen-bond donors (Lipinski definition) is 1. The van der Waals surface area contributed by atoms with Gasteiger partial charge in [0.2, 0.25) is 0 Å². The molecule has 0 saturated heterocycles. The second kappa shape index (κ2) is 16.7. The molecule has 0 saturated carbocycles. The molecule has 0 aromatic heterocycles. The van der Waals surface area contributed by atoms with Crippen molar-refractivity contribution in [2.24, 2.45) is 11.8 Å². The van der Waals surface area contributed by atoms with E-state index in [1.165, 1.54) is 0 Å². The lowest BCUT2D eigenvalue weighted by atomic mass is 9.87. The lowest BCUT2D eigenvalue weighted by Gasteiger charge is -2.43. The zero-order valence-corrected chi connectivity index (χ0v) is 28.8.